The third kappa shape index (κ3) is 3.60. The minimum absolute atomic E-state index is 0.256. The maximum atomic E-state index is 12.6. The third-order valence-corrected chi connectivity index (χ3v) is 3.54. The van der Waals surface area contributed by atoms with Crippen molar-refractivity contribution in [2.24, 2.45) is 0 Å². The van der Waals surface area contributed by atoms with Crippen LogP contribution in [0.3, 0.4) is 0 Å². The molecule has 25 heavy (non-hydrogen) atoms. The summed E-state index contributed by atoms with van der Waals surface area (Å²) in [5.41, 5.74) is 1.82. The Hall–Kier alpha value is -3.35. The van der Waals surface area contributed by atoms with Crippen LogP contribution in [-0.4, -0.2) is 34.4 Å². The smallest absolute Gasteiger partial charge is 0.255 e. The lowest BCUT2D eigenvalue weighted by Gasteiger charge is -2.13. The van der Waals surface area contributed by atoms with Gasteiger partial charge in [-0.05, 0) is 37.3 Å². The number of ether oxygens (including phenoxy) is 2. The van der Waals surface area contributed by atoms with E-state index in [9.17, 15) is 4.79 Å². The number of hydrogen-bond acceptors (Lipinski definition) is 5. The number of hydrogen-bond donors (Lipinski definition) is 1. The van der Waals surface area contributed by atoms with Gasteiger partial charge in [0.2, 0.25) is 0 Å². The van der Waals surface area contributed by atoms with Gasteiger partial charge in [0, 0.05) is 5.56 Å². The molecule has 1 amide bonds. The van der Waals surface area contributed by atoms with E-state index in [4.69, 9.17) is 9.47 Å². The van der Waals surface area contributed by atoms with Crippen LogP contribution in [0.1, 0.15) is 17.3 Å². The molecule has 0 atom stereocenters. The normalized spacial score (nSPS) is 10.3. The summed E-state index contributed by atoms with van der Waals surface area (Å²) in [6, 6.07) is 12.4. The van der Waals surface area contributed by atoms with Crippen LogP contribution in [0, 0.1) is 0 Å². The molecule has 128 valence electrons. The first-order chi connectivity index (χ1) is 12.2. The average molecular weight is 338 g/mol. The van der Waals surface area contributed by atoms with Gasteiger partial charge in [0.1, 0.15) is 12.7 Å². The van der Waals surface area contributed by atoms with Crippen molar-refractivity contribution in [3.63, 3.8) is 0 Å². The van der Waals surface area contributed by atoms with Gasteiger partial charge in [-0.1, -0.05) is 12.1 Å². The summed E-state index contributed by atoms with van der Waals surface area (Å²) < 4.78 is 12.4. The minimum atomic E-state index is -0.256. The van der Waals surface area contributed by atoms with Crippen LogP contribution in [0.15, 0.2) is 55.1 Å². The van der Waals surface area contributed by atoms with E-state index in [2.05, 4.69) is 15.4 Å². The highest BCUT2D eigenvalue weighted by Crippen LogP contribution is 2.28. The summed E-state index contributed by atoms with van der Waals surface area (Å²) in [5.74, 6) is 0.859. The van der Waals surface area contributed by atoms with Crippen LogP contribution >= 0.6 is 0 Å². The monoisotopic (exact) mass is 338 g/mol. The minimum Gasteiger partial charge on any atom is -0.493 e. The molecule has 0 spiro atoms. The summed E-state index contributed by atoms with van der Waals surface area (Å²) in [6.07, 6.45) is 3.01. The van der Waals surface area contributed by atoms with Crippen LogP contribution in [0.4, 0.5) is 5.69 Å². The van der Waals surface area contributed by atoms with E-state index in [0.717, 1.165) is 5.69 Å². The van der Waals surface area contributed by atoms with Crippen molar-refractivity contribution in [2.75, 3.05) is 19.0 Å². The number of carbonyl (C=O) groups is 1. The largest absolute Gasteiger partial charge is 0.493 e. The molecule has 0 aliphatic heterocycles. The second kappa shape index (κ2) is 7.48. The fourth-order valence-corrected chi connectivity index (χ4v) is 2.39. The van der Waals surface area contributed by atoms with Crippen molar-refractivity contribution in [1.29, 1.82) is 0 Å². The molecule has 1 heterocycles. The van der Waals surface area contributed by atoms with Crippen molar-refractivity contribution < 1.29 is 14.3 Å². The molecular weight excluding hydrogens is 320 g/mol. The van der Waals surface area contributed by atoms with Crippen molar-refractivity contribution >= 4 is 11.6 Å². The second-order valence-corrected chi connectivity index (χ2v) is 5.11. The molecule has 1 aromatic heterocycles. The molecule has 0 bridgehead atoms. The standard InChI is InChI=1S/C18H18N4O3/c1-3-25-16-9-8-13(10-17(16)24-2)18(23)21-14-6-4-5-7-15(14)22-12-19-11-20-22/h4-12H,3H2,1-2H3,(H,21,23). The van der Waals surface area contributed by atoms with Gasteiger partial charge < -0.3 is 14.8 Å². The number of methoxy groups -OCH3 is 1. The van der Waals surface area contributed by atoms with E-state index >= 15 is 0 Å². The van der Waals surface area contributed by atoms with Crippen LogP contribution in [0.5, 0.6) is 11.5 Å². The molecule has 0 saturated heterocycles. The van der Waals surface area contributed by atoms with Crippen molar-refractivity contribution in [3.05, 3.63) is 60.7 Å². The van der Waals surface area contributed by atoms with Crippen LogP contribution < -0.4 is 14.8 Å². The molecule has 3 rings (SSSR count). The summed E-state index contributed by atoms with van der Waals surface area (Å²) in [5, 5.41) is 7.00. The van der Waals surface area contributed by atoms with Crippen LogP contribution in [-0.2, 0) is 0 Å². The number of benzene rings is 2. The van der Waals surface area contributed by atoms with E-state index in [1.807, 2.05) is 25.1 Å². The van der Waals surface area contributed by atoms with E-state index < -0.39 is 0 Å². The molecule has 0 radical (unpaired) electrons. The van der Waals surface area contributed by atoms with Gasteiger partial charge in [-0.2, -0.15) is 5.10 Å². The van der Waals surface area contributed by atoms with E-state index in [1.165, 1.54) is 6.33 Å². The number of nitrogens with zero attached hydrogens (tertiary/aromatic N) is 3. The van der Waals surface area contributed by atoms with Gasteiger partial charge in [0.15, 0.2) is 11.5 Å². The third-order valence-electron chi connectivity index (χ3n) is 3.54. The van der Waals surface area contributed by atoms with Gasteiger partial charge in [-0.3, -0.25) is 4.79 Å². The topological polar surface area (TPSA) is 78.3 Å². The van der Waals surface area contributed by atoms with Crippen molar-refractivity contribution in [3.8, 4) is 17.2 Å². The zero-order chi connectivity index (χ0) is 17.6. The molecule has 0 aliphatic carbocycles. The first-order valence-corrected chi connectivity index (χ1v) is 7.79. The molecule has 0 aliphatic rings. The van der Waals surface area contributed by atoms with E-state index in [-0.39, 0.29) is 5.91 Å². The number of carbonyl (C=O) groups excluding carboxylic acids is 1. The Bertz CT molecular complexity index is 863. The Morgan fingerprint density at radius 1 is 1.20 bits per heavy atom. The lowest BCUT2D eigenvalue weighted by molar-refractivity contribution is 0.102. The summed E-state index contributed by atoms with van der Waals surface area (Å²) in [7, 11) is 1.54. The predicted molar refractivity (Wildman–Crippen MR) is 93.5 cm³/mol. The molecule has 2 aromatic carbocycles. The Labute approximate surface area is 145 Å². The Morgan fingerprint density at radius 2 is 2.04 bits per heavy atom. The highest BCUT2D eigenvalue weighted by atomic mass is 16.5. The number of nitrogens with one attached hydrogen (secondary N) is 1. The first kappa shape index (κ1) is 16.5. The predicted octanol–water partition coefficient (Wildman–Crippen LogP) is 2.93. The maximum absolute atomic E-state index is 12.6. The van der Waals surface area contributed by atoms with Gasteiger partial charge in [-0.15, -0.1) is 0 Å². The van der Waals surface area contributed by atoms with Crippen LogP contribution in [0.25, 0.3) is 5.69 Å². The number of anilines is 1. The number of amides is 1. The summed E-state index contributed by atoms with van der Waals surface area (Å²) in [6.45, 7) is 2.41. The van der Waals surface area contributed by atoms with Crippen molar-refractivity contribution in [1.82, 2.24) is 14.8 Å². The van der Waals surface area contributed by atoms with E-state index in [1.54, 1.807) is 42.4 Å². The SMILES string of the molecule is CCOc1ccc(C(=O)Nc2ccccc2-n2cncn2)cc1OC. The molecule has 1 N–H and O–H groups in total. The van der Waals surface area contributed by atoms with E-state index in [0.29, 0.717) is 29.4 Å². The van der Waals surface area contributed by atoms with Gasteiger partial charge >= 0.3 is 0 Å². The molecule has 7 heteroatoms. The Morgan fingerprint density at radius 3 is 2.76 bits per heavy atom. The Kier molecular flexibility index (Phi) is 4.94. The van der Waals surface area contributed by atoms with Crippen LogP contribution in [0.2, 0.25) is 0 Å². The van der Waals surface area contributed by atoms with Gasteiger partial charge in [0.05, 0.1) is 25.1 Å². The summed E-state index contributed by atoms with van der Waals surface area (Å²) in [4.78, 5) is 16.6. The second-order valence-electron chi connectivity index (χ2n) is 5.11. The van der Waals surface area contributed by atoms with Crippen molar-refractivity contribution in [2.45, 2.75) is 6.92 Å². The molecule has 0 saturated carbocycles. The highest BCUT2D eigenvalue weighted by molar-refractivity contribution is 6.05. The Balaban J connectivity index is 1.86. The maximum Gasteiger partial charge on any atom is 0.255 e. The number of aromatic nitrogens is 3. The first-order valence-electron chi connectivity index (χ1n) is 7.79. The average Bonchev–Trinajstić information content (AvgIpc) is 3.17. The highest BCUT2D eigenvalue weighted by Gasteiger charge is 2.13. The fourth-order valence-electron chi connectivity index (χ4n) is 2.39. The lowest BCUT2D eigenvalue weighted by Crippen LogP contribution is -2.14. The quantitative estimate of drug-likeness (QED) is 0.748. The molecule has 3 aromatic rings. The molecule has 0 unspecified atom stereocenters. The zero-order valence-corrected chi connectivity index (χ0v) is 14.0. The van der Waals surface area contributed by atoms with Gasteiger partial charge in [-0.25, -0.2) is 9.67 Å². The summed E-state index contributed by atoms with van der Waals surface area (Å²) >= 11 is 0. The fraction of sp³-hybridized carbons (Fsp3) is 0.167. The number of para-hydroxylation sites is 2. The lowest BCUT2D eigenvalue weighted by atomic mass is 10.1. The molecule has 7 nitrogen and oxygen atoms in total. The molecule has 0 fully saturated rings. The van der Waals surface area contributed by atoms with Gasteiger partial charge in [0.25, 0.3) is 5.91 Å². The zero-order valence-electron chi connectivity index (χ0n) is 14.0. The molecular formula is C18H18N4O3. The number of rotatable bonds is 6.